The zero-order valence-corrected chi connectivity index (χ0v) is 14.5. The molecular formula is C20H21N5O. The number of hydrogen-bond acceptors (Lipinski definition) is 4. The SMILES string of the molecule is Cc1[nH]c2ccccc2c1/C=N/NC(=O)C1CC(c2ccccc2)NN1. The molecule has 0 radical (unpaired) electrons. The van der Waals surface area contributed by atoms with E-state index in [1.165, 1.54) is 0 Å². The molecule has 6 heteroatoms. The van der Waals surface area contributed by atoms with Crippen molar-refractivity contribution >= 4 is 23.0 Å². The van der Waals surface area contributed by atoms with Gasteiger partial charge < -0.3 is 4.98 Å². The first-order valence-electron chi connectivity index (χ1n) is 8.68. The molecule has 3 aromatic rings. The smallest absolute Gasteiger partial charge is 0.258 e. The Bertz CT molecular complexity index is 947. The number of aromatic nitrogens is 1. The van der Waals surface area contributed by atoms with Crippen LogP contribution in [-0.4, -0.2) is 23.1 Å². The van der Waals surface area contributed by atoms with Gasteiger partial charge in [-0.25, -0.2) is 16.3 Å². The summed E-state index contributed by atoms with van der Waals surface area (Å²) in [6, 6.07) is 17.9. The number of nitrogens with zero attached hydrogens (tertiary/aromatic N) is 1. The third-order valence-electron chi connectivity index (χ3n) is 4.73. The maximum Gasteiger partial charge on any atom is 0.258 e. The van der Waals surface area contributed by atoms with Gasteiger partial charge in [0.1, 0.15) is 6.04 Å². The van der Waals surface area contributed by atoms with Crippen LogP contribution in [0.4, 0.5) is 0 Å². The molecule has 4 N–H and O–H groups in total. The molecule has 2 atom stereocenters. The van der Waals surface area contributed by atoms with E-state index in [9.17, 15) is 4.79 Å². The summed E-state index contributed by atoms with van der Waals surface area (Å²) < 4.78 is 0. The number of aryl methyl sites for hydroxylation is 1. The number of benzene rings is 2. The zero-order chi connectivity index (χ0) is 17.9. The predicted octanol–water partition coefficient (Wildman–Crippen LogP) is 2.53. The van der Waals surface area contributed by atoms with Gasteiger partial charge in [0.15, 0.2) is 0 Å². The van der Waals surface area contributed by atoms with Crippen molar-refractivity contribution in [2.75, 3.05) is 0 Å². The largest absolute Gasteiger partial charge is 0.358 e. The van der Waals surface area contributed by atoms with Crippen LogP contribution in [0.2, 0.25) is 0 Å². The Morgan fingerprint density at radius 3 is 2.73 bits per heavy atom. The Morgan fingerprint density at radius 2 is 1.88 bits per heavy atom. The first-order chi connectivity index (χ1) is 12.7. The summed E-state index contributed by atoms with van der Waals surface area (Å²) in [6.07, 6.45) is 2.38. The molecule has 4 rings (SSSR count). The van der Waals surface area contributed by atoms with E-state index >= 15 is 0 Å². The highest BCUT2D eigenvalue weighted by atomic mass is 16.2. The molecule has 2 aromatic carbocycles. The van der Waals surface area contributed by atoms with Crippen LogP contribution in [0.5, 0.6) is 0 Å². The molecule has 1 amide bonds. The maximum atomic E-state index is 12.4. The number of nitrogens with one attached hydrogen (secondary N) is 4. The molecular weight excluding hydrogens is 326 g/mol. The number of para-hydroxylation sites is 1. The van der Waals surface area contributed by atoms with Gasteiger partial charge in [0.2, 0.25) is 0 Å². The first-order valence-corrected chi connectivity index (χ1v) is 8.68. The standard InChI is InChI=1S/C20H21N5O/c1-13-16(15-9-5-6-10-17(15)22-13)12-21-25-20(26)19-11-18(23-24-19)14-7-3-2-4-8-14/h2-10,12,18-19,22-24H,11H2,1H3,(H,25,26)/b21-12+. The average molecular weight is 347 g/mol. The molecule has 6 nitrogen and oxygen atoms in total. The number of aromatic amines is 1. The molecule has 0 spiro atoms. The number of fused-ring (bicyclic) bond motifs is 1. The number of hydrazine groups is 1. The molecule has 1 saturated heterocycles. The van der Waals surface area contributed by atoms with Crippen molar-refractivity contribution in [1.82, 2.24) is 21.3 Å². The molecule has 0 bridgehead atoms. The Balaban J connectivity index is 1.40. The summed E-state index contributed by atoms with van der Waals surface area (Å²) in [5.41, 5.74) is 13.1. The van der Waals surface area contributed by atoms with Crippen molar-refractivity contribution in [2.24, 2.45) is 5.10 Å². The van der Waals surface area contributed by atoms with E-state index in [0.29, 0.717) is 6.42 Å². The highest BCUT2D eigenvalue weighted by Gasteiger charge is 2.29. The third-order valence-corrected chi connectivity index (χ3v) is 4.73. The van der Waals surface area contributed by atoms with Crippen LogP contribution in [0.1, 0.15) is 29.3 Å². The Labute approximate surface area is 151 Å². The average Bonchev–Trinajstić information content (AvgIpc) is 3.28. The molecule has 132 valence electrons. The van der Waals surface area contributed by atoms with Gasteiger partial charge in [-0.3, -0.25) is 4.79 Å². The van der Waals surface area contributed by atoms with Crippen LogP contribution >= 0.6 is 0 Å². The second-order valence-electron chi connectivity index (χ2n) is 6.48. The Hall–Kier alpha value is -2.96. The lowest BCUT2D eigenvalue weighted by Gasteiger charge is -2.08. The molecule has 0 saturated carbocycles. The quantitative estimate of drug-likeness (QED) is 0.432. The van der Waals surface area contributed by atoms with Crippen molar-refractivity contribution in [3.8, 4) is 0 Å². The van der Waals surface area contributed by atoms with Crippen LogP contribution in [-0.2, 0) is 4.79 Å². The lowest BCUT2D eigenvalue weighted by molar-refractivity contribution is -0.122. The minimum atomic E-state index is -0.318. The van der Waals surface area contributed by atoms with E-state index < -0.39 is 0 Å². The van der Waals surface area contributed by atoms with Gasteiger partial charge in [-0.05, 0) is 25.0 Å². The molecule has 2 unspecified atom stereocenters. The number of hydrogen-bond donors (Lipinski definition) is 4. The molecule has 1 aliphatic heterocycles. The lowest BCUT2D eigenvalue weighted by Crippen LogP contribution is -2.41. The van der Waals surface area contributed by atoms with E-state index in [-0.39, 0.29) is 18.0 Å². The van der Waals surface area contributed by atoms with E-state index in [1.54, 1.807) is 6.21 Å². The fourth-order valence-corrected chi connectivity index (χ4v) is 3.34. The predicted molar refractivity (Wildman–Crippen MR) is 103 cm³/mol. The normalized spacial score (nSPS) is 20.0. The van der Waals surface area contributed by atoms with Gasteiger partial charge in [-0.1, -0.05) is 48.5 Å². The number of H-pyrrole nitrogens is 1. The molecule has 0 aliphatic carbocycles. The van der Waals surface area contributed by atoms with Crippen molar-refractivity contribution in [1.29, 1.82) is 0 Å². The van der Waals surface area contributed by atoms with E-state index in [4.69, 9.17) is 0 Å². The van der Waals surface area contributed by atoms with Crippen molar-refractivity contribution in [3.05, 3.63) is 71.4 Å². The van der Waals surface area contributed by atoms with Gasteiger partial charge in [-0.15, -0.1) is 0 Å². The summed E-state index contributed by atoms with van der Waals surface area (Å²) in [6.45, 7) is 2.00. The fraction of sp³-hybridized carbons (Fsp3) is 0.200. The van der Waals surface area contributed by atoms with Crippen molar-refractivity contribution in [2.45, 2.75) is 25.4 Å². The van der Waals surface area contributed by atoms with Crippen molar-refractivity contribution < 1.29 is 4.79 Å². The lowest BCUT2D eigenvalue weighted by atomic mass is 10.0. The van der Waals surface area contributed by atoms with Crippen molar-refractivity contribution in [3.63, 3.8) is 0 Å². The van der Waals surface area contributed by atoms with Gasteiger partial charge in [0.05, 0.1) is 6.21 Å². The number of carbonyl (C=O) groups excluding carboxylic acids is 1. The number of amides is 1. The summed E-state index contributed by atoms with van der Waals surface area (Å²) >= 11 is 0. The first kappa shape index (κ1) is 16.5. The minimum Gasteiger partial charge on any atom is -0.358 e. The van der Waals surface area contributed by atoms with E-state index in [0.717, 1.165) is 27.7 Å². The molecule has 1 aromatic heterocycles. The summed E-state index contributed by atoms with van der Waals surface area (Å²) in [5, 5.41) is 5.25. The topological polar surface area (TPSA) is 81.3 Å². The summed E-state index contributed by atoms with van der Waals surface area (Å²) in [4.78, 5) is 15.7. The Kier molecular flexibility index (Phi) is 4.51. The summed E-state index contributed by atoms with van der Waals surface area (Å²) in [5.74, 6) is -0.148. The van der Waals surface area contributed by atoms with Gasteiger partial charge in [0.25, 0.3) is 5.91 Å². The van der Waals surface area contributed by atoms with E-state index in [2.05, 4.69) is 38.5 Å². The zero-order valence-electron chi connectivity index (χ0n) is 14.5. The van der Waals surface area contributed by atoms with Crippen LogP contribution in [0.3, 0.4) is 0 Å². The van der Waals surface area contributed by atoms with Gasteiger partial charge in [0, 0.05) is 28.2 Å². The van der Waals surface area contributed by atoms with Gasteiger partial charge >= 0.3 is 0 Å². The van der Waals surface area contributed by atoms with Crippen LogP contribution in [0, 0.1) is 6.92 Å². The fourth-order valence-electron chi connectivity index (χ4n) is 3.34. The molecule has 2 heterocycles. The maximum absolute atomic E-state index is 12.4. The highest BCUT2D eigenvalue weighted by Crippen LogP contribution is 2.22. The molecule has 1 fully saturated rings. The van der Waals surface area contributed by atoms with Gasteiger partial charge in [-0.2, -0.15) is 5.10 Å². The second-order valence-corrected chi connectivity index (χ2v) is 6.48. The number of rotatable bonds is 4. The minimum absolute atomic E-state index is 0.117. The monoisotopic (exact) mass is 347 g/mol. The number of carbonyl (C=O) groups is 1. The summed E-state index contributed by atoms with van der Waals surface area (Å²) in [7, 11) is 0. The van der Waals surface area contributed by atoms with Crippen LogP contribution < -0.4 is 16.3 Å². The Morgan fingerprint density at radius 1 is 1.12 bits per heavy atom. The number of hydrazone groups is 1. The molecule has 26 heavy (non-hydrogen) atoms. The second kappa shape index (κ2) is 7.11. The highest BCUT2D eigenvalue weighted by molar-refractivity contribution is 6.00. The van der Waals surface area contributed by atoms with Crippen LogP contribution in [0.15, 0.2) is 59.7 Å². The molecule has 1 aliphatic rings. The third kappa shape index (κ3) is 3.24. The van der Waals surface area contributed by atoms with E-state index in [1.807, 2.05) is 49.4 Å². The van der Waals surface area contributed by atoms with Crippen LogP contribution in [0.25, 0.3) is 10.9 Å².